The Bertz CT molecular complexity index is 883. The minimum atomic E-state index is -3.56. The number of ether oxygens (including phenoxy) is 1. The van der Waals surface area contributed by atoms with Gasteiger partial charge in [-0.15, -0.1) is 0 Å². The van der Waals surface area contributed by atoms with Crippen molar-refractivity contribution in [3.63, 3.8) is 0 Å². The highest BCUT2D eigenvalue weighted by atomic mass is 35.5. The largest absolute Gasteiger partial charge is 0.379 e. The van der Waals surface area contributed by atoms with Crippen LogP contribution in [-0.2, 0) is 19.6 Å². The standard InChI is InChI=1S/C17H18ClN3O4S2/c18-13-1-3-14(4-2-13)20-16(22)12-26-17-6-5-15(11-19-17)27(23,24)21-7-9-25-10-8-21/h1-6,11H,7-10,12H2,(H,20,22). The van der Waals surface area contributed by atoms with Crippen LogP contribution in [0.5, 0.6) is 0 Å². The van der Waals surface area contributed by atoms with E-state index < -0.39 is 10.0 Å². The number of aromatic nitrogens is 1. The van der Waals surface area contributed by atoms with Gasteiger partial charge in [0.25, 0.3) is 0 Å². The summed E-state index contributed by atoms with van der Waals surface area (Å²) in [6.45, 7) is 1.46. The van der Waals surface area contributed by atoms with Crippen LogP contribution in [0.2, 0.25) is 5.02 Å². The maximum absolute atomic E-state index is 12.5. The number of sulfonamides is 1. The Morgan fingerprint density at radius 2 is 1.89 bits per heavy atom. The first-order valence-electron chi connectivity index (χ1n) is 8.17. The van der Waals surface area contributed by atoms with Crippen molar-refractivity contribution in [3.8, 4) is 0 Å². The van der Waals surface area contributed by atoms with Crippen molar-refractivity contribution >= 4 is 45.0 Å². The highest BCUT2D eigenvalue weighted by Gasteiger charge is 2.26. The lowest BCUT2D eigenvalue weighted by Crippen LogP contribution is -2.40. The van der Waals surface area contributed by atoms with Gasteiger partial charge in [0, 0.05) is 30.0 Å². The fraction of sp³-hybridized carbons (Fsp3) is 0.294. The summed E-state index contributed by atoms with van der Waals surface area (Å²) in [6, 6.07) is 9.94. The number of carbonyl (C=O) groups is 1. The van der Waals surface area contributed by atoms with Gasteiger partial charge in [0.15, 0.2) is 0 Å². The number of benzene rings is 1. The molecule has 1 saturated heterocycles. The number of thioether (sulfide) groups is 1. The third-order valence-corrected chi connectivity index (χ3v) is 6.87. The lowest BCUT2D eigenvalue weighted by Gasteiger charge is -2.25. The molecular formula is C17H18ClN3O4S2. The van der Waals surface area contributed by atoms with Crippen LogP contribution in [0.3, 0.4) is 0 Å². The van der Waals surface area contributed by atoms with E-state index in [2.05, 4.69) is 10.3 Å². The molecule has 0 radical (unpaired) electrons. The van der Waals surface area contributed by atoms with E-state index in [1.54, 1.807) is 30.3 Å². The molecule has 2 aromatic rings. The van der Waals surface area contributed by atoms with Crippen LogP contribution in [0.4, 0.5) is 5.69 Å². The molecule has 1 amide bonds. The molecule has 0 aliphatic carbocycles. The van der Waals surface area contributed by atoms with Crippen molar-refractivity contribution in [2.75, 3.05) is 37.4 Å². The van der Waals surface area contributed by atoms with Crippen molar-refractivity contribution in [2.24, 2.45) is 0 Å². The van der Waals surface area contributed by atoms with Crippen molar-refractivity contribution < 1.29 is 17.9 Å². The Hall–Kier alpha value is -1.65. The van der Waals surface area contributed by atoms with Gasteiger partial charge in [0.05, 0.1) is 24.0 Å². The first kappa shape index (κ1) is 20.1. The SMILES string of the molecule is O=C(CSc1ccc(S(=O)(=O)N2CCOCC2)cn1)Nc1ccc(Cl)cc1. The predicted octanol–water partition coefficient (Wildman–Crippen LogP) is 2.49. The van der Waals surface area contributed by atoms with Gasteiger partial charge in [0.2, 0.25) is 15.9 Å². The number of halogens is 1. The minimum Gasteiger partial charge on any atom is -0.379 e. The van der Waals surface area contributed by atoms with E-state index in [9.17, 15) is 13.2 Å². The van der Waals surface area contributed by atoms with Gasteiger partial charge in [-0.25, -0.2) is 13.4 Å². The van der Waals surface area contributed by atoms with Gasteiger partial charge >= 0.3 is 0 Å². The van der Waals surface area contributed by atoms with Gasteiger partial charge in [-0.05, 0) is 36.4 Å². The zero-order chi connectivity index (χ0) is 19.3. The monoisotopic (exact) mass is 427 g/mol. The quantitative estimate of drug-likeness (QED) is 0.712. The smallest absolute Gasteiger partial charge is 0.244 e. The number of carbonyl (C=O) groups excluding carboxylic acids is 1. The topological polar surface area (TPSA) is 88.6 Å². The molecule has 27 heavy (non-hydrogen) atoms. The van der Waals surface area contributed by atoms with E-state index >= 15 is 0 Å². The molecule has 1 N–H and O–H groups in total. The molecule has 1 aliphatic heterocycles. The number of hydrogen-bond donors (Lipinski definition) is 1. The second kappa shape index (κ2) is 9.03. The van der Waals surface area contributed by atoms with Gasteiger partial charge in [-0.1, -0.05) is 23.4 Å². The lowest BCUT2D eigenvalue weighted by molar-refractivity contribution is -0.113. The Morgan fingerprint density at radius 3 is 2.52 bits per heavy atom. The van der Waals surface area contributed by atoms with Gasteiger partial charge in [-0.3, -0.25) is 4.79 Å². The van der Waals surface area contributed by atoms with Crippen molar-refractivity contribution in [2.45, 2.75) is 9.92 Å². The summed E-state index contributed by atoms with van der Waals surface area (Å²) in [7, 11) is -3.56. The van der Waals surface area contributed by atoms with Crippen LogP contribution in [0.15, 0.2) is 52.5 Å². The maximum atomic E-state index is 12.5. The molecule has 0 atom stereocenters. The highest BCUT2D eigenvalue weighted by molar-refractivity contribution is 7.99. The fourth-order valence-electron chi connectivity index (χ4n) is 2.41. The molecule has 0 bridgehead atoms. The van der Waals surface area contributed by atoms with Crippen molar-refractivity contribution in [1.29, 1.82) is 0 Å². The number of nitrogens with zero attached hydrogens (tertiary/aromatic N) is 2. The molecule has 1 aromatic heterocycles. The van der Waals surface area contributed by atoms with E-state index in [1.807, 2.05) is 0 Å². The first-order chi connectivity index (χ1) is 12.9. The van der Waals surface area contributed by atoms with Crippen LogP contribution in [0, 0.1) is 0 Å². The Morgan fingerprint density at radius 1 is 1.19 bits per heavy atom. The molecular weight excluding hydrogens is 410 g/mol. The second-order valence-electron chi connectivity index (χ2n) is 5.69. The number of nitrogens with one attached hydrogen (secondary N) is 1. The fourth-order valence-corrected chi connectivity index (χ4v) is 4.53. The van der Waals surface area contributed by atoms with E-state index in [1.165, 1.54) is 28.3 Å². The normalized spacial score (nSPS) is 15.4. The van der Waals surface area contributed by atoms with E-state index in [0.717, 1.165) is 0 Å². The summed E-state index contributed by atoms with van der Waals surface area (Å²) in [5, 5.41) is 3.92. The summed E-state index contributed by atoms with van der Waals surface area (Å²) < 4.78 is 31.7. The summed E-state index contributed by atoms with van der Waals surface area (Å²) in [6.07, 6.45) is 1.32. The molecule has 0 unspecified atom stereocenters. The average molecular weight is 428 g/mol. The predicted molar refractivity (Wildman–Crippen MR) is 105 cm³/mol. The third-order valence-electron chi connectivity index (χ3n) is 3.80. The number of rotatable bonds is 6. The summed E-state index contributed by atoms with van der Waals surface area (Å²) in [4.78, 5) is 16.3. The number of anilines is 1. The Labute approximate surface area is 167 Å². The van der Waals surface area contributed by atoms with Crippen molar-refractivity contribution in [3.05, 3.63) is 47.6 Å². The van der Waals surface area contributed by atoms with E-state index in [-0.39, 0.29) is 16.6 Å². The van der Waals surface area contributed by atoms with Crippen LogP contribution >= 0.6 is 23.4 Å². The lowest BCUT2D eigenvalue weighted by atomic mass is 10.3. The molecule has 1 aliphatic rings. The van der Waals surface area contributed by atoms with Crippen molar-refractivity contribution in [1.82, 2.24) is 9.29 Å². The highest BCUT2D eigenvalue weighted by Crippen LogP contribution is 2.21. The summed E-state index contributed by atoms with van der Waals surface area (Å²) in [5.74, 6) is -0.0281. The zero-order valence-electron chi connectivity index (χ0n) is 14.3. The van der Waals surface area contributed by atoms with Gasteiger partial charge in [0.1, 0.15) is 4.90 Å². The van der Waals surface area contributed by atoms with Crippen LogP contribution < -0.4 is 5.32 Å². The zero-order valence-corrected chi connectivity index (χ0v) is 16.7. The molecule has 1 fully saturated rings. The molecule has 10 heteroatoms. The molecule has 3 rings (SSSR count). The molecule has 1 aromatic carbocycles. The van der Waals surface area contributed by atoms with E-state index in [0.29, 0.717) is 42.0 Å². The van der Waals surface area contributed by atoms with Gasteiger partial charge < -0.3 is 10.1 Å². The van der Waals surface area contributed by atoms with Crippen LogP contribution in [0.25, 0.3) is 0 Å². The number of pyridine rings is 1. The number of hydrogen-bond acceptors (Lipinski definition) is 6. The summed E-state index contributed by atoms with van der Waals surface area (Å²) in [5.41, 5.74) is 0.657. The van der Waals surface area contributed by atoms with Crippen LogP contribution in [0.1, 0.15) is 0 Å². The molecule has 0 spiro atoms. The molecule has 144 valence electrons. The average Bonchev–Trinajstić information content (AvgIpc) is 2.69. The first-order valence-corrected chi connectivity index (χ1v) is 11.0. The second-order valence-corrected chi connectivity index (χ2v) is 9.06. The Kier molecular flexibility index (Phi) is 6.72. The number of amides is 1. The Balaban J connectivity index is 1.55. The third kappa shape index (κ3) is 5.43. The maximum Gasteiger partial charge on any atom is 0.244 e. The number of morpholine rings is 1. The van der Waals surface area contributed by atoms with Crippen LogP contribution in [-0.4, -0.2) is 55.7 Å². The van der Waals surface area contributed by atoms with Gasteiger partial charge in [-0.2, -0.15) is 4.31 Å². The minimum absolute atomic E-state index is 0.138. The molecule has 2 heterocycles. The van der Waals surface area contributed by atoms with E-state index in [4.69, 9.17) is 16.3 Å². The molecule has 0 saturated carbocycles. The molecule has 7 nitrogen and oxygen atoms in total. The summed E-state index contributed by atoms with van der Waals surface area (Å²) >= 11 is 7.03.